The van der Waals surface area contributed by atoms with Crippen LogP contribution >= 0.6 is 0 Å². The molecule has 2 unspecified atom stereocenters. The van der Waals surface area contributed by atoms with Gasteiger partial charge in [0, 0.05) is 5.56 Å². The summed E-state index contributed by atoms with van der Waals surface area (Å²) in [5.74, 6) is -20.8. The smallest absolute Gasteiger partial charge is 0.282 e. The van der Waals surface area contributed by atoms with Gasteiger partial charge in [0.15, 0.2) is 51.4 Å². The summed E-state index contributed by atoms with van der Waals surface area (Å²) in [4.78, 5) is -6.85. The van der Waals surface area contributed by atoms with Gasteiger partial charge in [-0.25, -0.2) is 39.3 Å². The van der Waals surface area contributed by atoms with Crippen LogP contribution in [0.3, 0.4) is 0 Å². The number of halogens is 8. The molecule has 2 atom stereocenters. The van der Waals surface area contributed by atoms with Crippen LogP contribution in [0.15, 0.2) is 14.7 Å². The summed E-state index contributed by atoms with van der Waals surface area (Å²) in [6.45, 7) is 2.60. The molecule has 0 aliphatic carbocycles. The van der Waals surface area contributed by atoms with Gasteiger partial charge in [-0.2, -0.15) is 8.42 Å². The van der Waals surface area contributed by atoms with Crippen LogP contribution in [-0.4, -0.2) is 17.2 Å². The predicted octanol–water partition coefficient (Wildman–Crippen LogP) is 4.73. The van der Waals surface area contributed by atoms with Crippen LogP contribution < -0.4 is 0 Å². The Morgan fingerprint density at radius 2 is 1.10 bits per heavy atom. The van der Waals surface area contributed by atoms with Crippen molar-refractivity contribution < 1.29 is 52.3 Å². The van der Waals surface area contributed by atoms with E-state index in [1.165, 1.54) is 13.8 Å². The van der Waals surface area contributed by atoms with Crippen molar-refractivity contribution in [3.05, 3.63) is 52.1 Å². The summed E-state index contributed by atoms with van der Waals surface area (Å²) in [5, 5.41) is 0. The third-order valence-corrected chi connectivity index (χ3v) is 6.51. The Morgan fingerprint density at radius 3 is 1.40 bits per heavy atom. The molecule has 0 saturated heterocycles. The molecule has 1 N–H and O–H groups in total. The number of hydrogen-bond acceptors (Lipinski definition) is 3. The van der Waals surface area contributed by atoms with Crippen LogP contribution in [-0.2, 0) is 20.9 Å². The quantitative estimate of drug-likeness (QED) is 0.380. The summed E-state index contributed by atoms with van der Waals surface area (Å²) >= 11 is 0. The van der Waals surface area contributed by atoms with Crippen molar-refractivity contribution in [3.8, 4) is 0 Å². The Balaban J connectivity index is 2.90. The lowest BCUT2D eigenvalue weighted by Crippen LogP contribution is -2.17. The summed E-state index contributed by atoms with van der Waals surface area (Å²) in [7, 11) is -9.79. The Morgan fingerprint density at radius 1 is 0.767 bits per heavy atom. The van der Waals surface area contributed by atoms with Crippen molar-refractivity contribution in [2.24, 2.45) is 0 Å². The van der Waals surface area contributed by atoms with Crippen molar-refractivity contribution in [1.29, 1.82) is 0 Å². The highest BCUT2D eigenvalue weighted by atomic mass is 32.2. The lowest BCUT2D eigenvalue weighted by atomic mass is 9.97. The van der Waals surface area contributed by atoms with Gasteiger partial charge in [-0.1, -0.05) is 13.8 Å². The molecule has 0 fully saturated rings. The third-order valence-electron chi connectivity index (χ3n) is 4.17. The van der Waals surface area contributed by atoms with E-state index in [-0.39, 0.29) is 6.42 Å². The van der Waals surface area contributed by atoms with Gasteiger partial charge in [-0.15, -0.1) is 0 Å². The molecule has 4 nitrogen and oxygen atoms in total. The van der Waals surface area contributed by atoms with Gasteiger partial charge in [-0.05, 0) is 12.3 Å². The number of hydrogen-bond donors (Lipinski definition) is 1. The normalized spacial score (nSPS) is 14.1. The minimum Gasteiger partial charge on any atom is -0.282 e. The highest BCUT2D eigenvalue weighted by Crippen LogP contribution is 2.37. The van der Waals surface area contributed by atoms with E-state index in [0.29, 0.717) is 0 Å². The molecule has 0 aliphatic rings. The molecule has 0 bridgehead atoms. The molecule has 2 rings (SSSR count). The van der Waals surface area contributed by atoms with Crippen molar-refractivity contribution >= 4 is 20.9 Å². The first-order chi connectivity index (χ1) is 13.7. The lowest BCUT2D eigenvalue weighted by Gasteiger charge is -2.16. The zero-order chi connectivity index (χ0) is 23.3. The first-order valence-corrected chi connectivity index (χ1v) is 10.4. The summed E-state index contributed by atoms with van der Waals surface area (Å²) in [5.41, 5.74) is -1.09. The fourth-order valence-corrected chi connectivity index (χ4v) is 4.36. The molecule has 0 amide bonds. The van der Waals surface area contributed by atoms with Crippen molar-refractivity contribution in [3.63, 3.8) is 0 Å². The largest absolute Gasteiger partial charge is 0.300 e. The Hall–Kier alpha value is -2.06. The van der Waals surface area contributed by atoms with Crippen LogP contribution in [0.2, 0.25) is 0 Å². The second-order valence-corrected chi connectivity index (χ2v) is 8.68. The van der Waals surface area contributed by atoms with E-state index in [1.807, 2.05) is 0 Å². The van der Waals surface area contributed by atoms with Crippen molar-refractivity contribution in [2.75, 3.05) is 0 Å². The SMILES string of the molecule is CCC(C)c1c(F)c(F)c(S(=O)c2c(F)c(F)c(S(=O)(=O)O)c(F)c2F)c(F)c1F. The van der Waals surface area contributed by atoms with Crippen LogP contribution in [0.4, 0.5) is 35.1 Å². The summed E-state index contributed by atoms with van der Waals surface area (Å²) in [6.07, 6.45) is 0.00588. The fourth-order valence-electron chi connectivity index (χ4n) is 2.51. The second-order valence-electron chi connectivity index (χ2n) is 5.97. The van der Waals surface area contributed by atoms with Crippen molar-refractivity contribution in [1.82, 2.24) is 0 Å². The molecule has 166 valence electrons. The standard InChI is InChI=1S/C16H10F8O4S2/c1-3-4(2)5-6(17)8(19)14(9(20)7(5)18)29(25)15-10(21)12(23)16(30(26,27)28)13(24)11(15)22/h4H,3H2,1-2H3,(H,26,27,28). The van der Waals surface area contributed by atoms with Gasteiger partial charge in [0.05, 0.1) is 10.8 Å². The fraction of sp³-hybridized carbons (Fsp3) is 0.250. The monoisotopic (exact) mass is 482 g/mol. The average molecular weight is 482 g/mol. The highest BCUT2D eigenvalue weighted by Gasteiger charge is 2.38. The third kappa shape index (κ3) is 3.71. The maximum Gasteiger partial charge on any atom is 0.300 e. The van der Waals surface area contributed by atoms with Gasteiger partial charge in [0.25, 0.3) is 0 Å². The molecule has 0 spiro atoms. The topological polar surface area (TPSA) is 71.4 Å². The van der Waals surface area contributed by atoms with Crippen molar-refractivity contribution in [2.45, 2.75) is 40.9 Å². The molecular weight excluding hydrogens is 472 g/mol. The van der Waals surface area contributed by atoms with E-state index in [0.717, 1.165) is 0 Å². The van der Waals surface area contributed by atoms with Crippen LogP contribution in [0.25, 0.3) is 0 Å². The second kappa shape index (κ2) is 8.23. The van der Waals surface area contributed by atoms with E-state index in [1.54, 1.807) is 0 Å². The summed E-state index contributed by atoms with van der Waals surface area (Å²) < 4.78 is 156. The molecule has 0 heterocycles. The van der Waals surface area contributed by atoms with Gasteiger partial charge < -0.3 is 0 Å². The maximum atomic E-state index is 14.3. The molecule has 30 heavy (non-hydrogen) atoms. The van der Waals surface area contributed by atoms with Crippen LogP contribution in [0, 0.1) is 46.5 Å². The first kappa shape index (κ1) is 24.2. The Bertz CT molecular complexity index is 1120. The van der Waals surface area contributed by atoms with Crippen LogP contribution in [0.5, 0.6) is 0 Å². The lowest BCUT2D eigenvalue weighted by molar-refractivity contribution is 0.380. The van der Waals surface area contributed by atoms with E-state index in [9.17, 15) is 47.8 Å². The molecule has 2 aromatic carbocycles. The first-order valence-electron chi connectivity index (χ1n) is 7.79. The zero-order valence-electron chi connectivity index (χ0n) is 14.8. The van der Waals surface area contributed by atoms with E-state index in [4.69, 9.17) is 4.55 Å². The van der Waals surface area contributed by atoms with Gasteiger partial charge in [-0.3, -0.25) is 4.55 Å². The molecule has 2 aromatic rings. The highest BCUT2D eigenvalue weighted by molar-refractivity contribution is 7.86. The minimum atomic E-state index is -5.86. The minimum absolute atomic E-state index is 0.00588. The predicted molar refractivity (Wildman–Crippen MR) is 85.7 cm³/mol. The van der Waals surface area contributed by atoms with E-state index >= 15 is 0 Å². The molecular formula is C16H10F8O4S2. The number of benzene rings is 2. The number of rotatable bonds is 5. The van der Waals surface area contributed by atoms with Gasteiger partial charge in [0.2, 0.25) is 0 Å². The van der Waals surface area contributed by atoms with Gasteiger partial charge >= 0.3 is 10.1 Å². The zero-order valence-corrected chi connectivity index (χ0v) is 16.4. The summed E-state index contributed by atoms with van der Waals surface area (Å²) in [6, 6.07) is 0. The molecule has 0 aromatic heterocycles. The maximum absolute atomic E-state index is 14.3. The Labute approximate surface area is 166 Å². The molecule has 0 aliphatic heterocycles. The van der Waals surface area contributed by atoms with E-state index in [2.05, 4.69) is 0 Å². The Kier molecular flexibility index (Phi) is 6.64. The van der Waals surface area contributed by atoms with E-state index < -0.39 is 93.6 Å². The molecule has 14 heteroatoms. The van der Waals surface area contributed by atoms with Crippen LogP contribution in [0.1, 0.15) is 31.7 Å². The molecule has 0 radical (unpaired) electrons. The van der Waals surface area contributed by atoms with Gasteiger partial charge in [0.1, 0.15) is 9.79 Å². The average Bonchev–Trinajstić information content (AvgIpc) is 2.64. The molecule has 0 saturated carbocycles.